The van der Waals surface area contributed by atoms with Crippen molar-refractivity contribution in [2.24, 2.45) is 0 Å². The summed E-state index contributed by atoms with van der Waals surface area (Å²) >= 11 is 0. The highest BCUT2D eigenvalue weighted by Crippen LogP contribution is 2.26. The number of carbonyl (C=O) groups is 1. The second-order valence-electron chi connectivity index (χ2n) is 5.95. The Hall–Kier alpha value is -1.40. The summed E-state index contributed by atoms with van der Waals surface area (Å²) in [6.45, 7) is 0.901. The molecule has 1 amide bonds. The predicted molar refractivity (Wildman–Crippen MR) is 72.5 cm³/mol. The second kappa shape index (κ2) is 5.18. The minimum absolute atomic E-state index is 0.0123. The minimum atomic E-state index is -0.503. The third kappa shape index (κ3) is 2.23. The molecular weight excluding hydrogens is 258 g/mol. The number of aromatic nitrogens is 1. The summed E-state index contributed by atoms with van der Waals surface area (Å²) in [5.41, 5.74) is 1.43. The first-order chi connectivity index (χ1) is 9.58. The van der Waals surface area contributed by atoms with Gasteiger partial charge in [-0.15, -0.1) is 0 Å². The van der Waals surface area contributed by atoms with Crippen molar-refractivity contribution in [3.8, 4) is 0 Å². The van der Waals surface area contributed by atoms with Crippen LogP contribution < -0.4 is 0 Å². The summed E-state index contributed by atoms with van der Waals surface area (Å²) in [7, 11) is 3.83. The quantitative estimate of drug-likeness (QED) is 0.843. The highest BCUT2D eigenvalue weighted by atomic mass is 16.5. The molecular formula is C14H21N3O3. The molecule has 2 heterocycles. The summed E-state index contributed by atoms with van der Waals surface area (Å²) in [6.07, 6.45) is 3.42. The zero-order chi connectivity index (χ0) is 14.3. The summed E-state index contributed by atoms with van der Waals surface area (Å²) in [4.78, 5) is 16.2. The van der Waals surface area contributed by atoms with Crippen LogP contribution in [0.4, 0.5) is 0 Å². The number of nitrogens with zero attached hydrogens (tertiary/aromatic N) is 3. The molecule has 0 saturated carbocycles. The average molecular weight is 279 g/mol. The number of aliphatic hydroxyl groups is 1. The molecule has 2 atom stereocenters. The molecule has 0 bridgehead atoms. The van der Waals surface area contributed by atoms with Crippen LogP contribution in [0, 0.1) is 0 Å². The number of hydrogen-bond donors (Lipinski definition) is 1. The van der Waals surface area contributed by atoms with E-state index in [1.165, 1.54) is 0 Å². The maximum absolute atomic E-state index is 12.6. The Balaban J connectivity index is 1.78. The van der Waals surface area contributed by atoms with Crippen LogP contribution in [-0.4, -0.2) is 65.3 Å². The third-order valence-electron chi connectivity index (χ3n) is 4.36. The molecule has 1 saturated heterocycles. The van der Waals surface area contributed by atoms with Crippen LogP contribution in [0.1, 0.15) is 34.7 Å². The second-order valence-corrected chi connectivity index (χ2v) is 5.95. The van der Waals surface area contributed by atoms with Gasteiger partial charge in [-0.2, -0.15) is 0 Å². The summed E-state index contributed by atoms with van der Waals surface area (Å²) in [6, 6.07) is -0.0123. The van der Waals surface area contributed by atoms with Crippen LogP contribution in [-0.2, 0) is 12.8 Å². The van der Waals surface area contributed by atoms with Gasteiger partial charge >= 0.3 is 0 Å². The summed E-state index contributed by atoms with van der Waals surface area (Å²) in [5, 5.41) is 14.0. The Kier molecular flexibility index (Phi) is 3.52. The van der Waals surface area contributed by atoms with E-state index in [9.17, 15) is 9.90 Å². The van der Waals surface area contributed by atoms with E-state index in [0.29, 0.717) is 18.8 Å². The van der Waals surface area contributed by atoms with Crippen molar-refractivity contribution in [3.63, 3.8) is 0 Å². The number of β-amino-alcohol motifs (C(OH)–C–C–N with tert-alkyl or cyclic N) is 1. The topological polar surface area (TPSA) is 69.8 Å². The zero-order valence-electron chi connectivity index (χ0n) is 12.0. The fourth-order valence-corrected chi connectivity index (χ4v) is 3.15. The molecule has 6 nitrogen and oxygen atoms in total. The molecule has 1 N–H and O–H groups in total. The normalized spacial score (nSPS) is 26.1. The Morgan fingerprint density at radius 3 is 2.80 bits per heavy atom. The van der Waals surface area contributed by atoms with Gasteiger partial charge in [0.25, 0.3) is 5.91 Å². The largest absolute Gasteiger partial charge is 0.390 e. The van der Waals surface area contributed by atoms with E-state index < -0.39 is 6.10 Å². The number of likely N-dealkylation sites (tertiary alicyclic amines) is 1. The van der Waals surface area contributed by atoms with E-state index in [1.54, 1.807) is 4.90 Å². The number of hydrogen-bond acceptors (Lipinski definition) is 5. The number of aliphatic hydroxyl groups excluding tert-OH is 1. The molecule has 0 unspecified atom stereocenters. The molecule has 1 aliphatic heterocycles. The molecule has 0 radical (unpaired) electrons. The van der Waals surface area contributed by atoms with Crippen LogP contribution in [0.25, 0.3) is 0 Å². The molecule has 110 valence electrons. The molecule has 0 aromatic carbocycles. The highest BCUT2D eigenvalue weighted by molar-refractivity contribution is 5.94. The summed E-state index contributed by atoms with van der Waals surface area (Å²) in [5.74, 6) is 0.754. The Bertz CT molecular complexity index is 512. The smallest absolute Gasteiger partial charge is 0.276 e. The van der Waals surface area contributed by atoms with E-state index in [-0.39, 0.29) is 11.9 Å². The predicted octanol–water partition coefficient (Wildman–Crippen LogP) is 0.300. The molecule has 1 aliphatic carbocycles. The van der Waals surface area contributed by atoms with Crippen LogP contribution in [0.2, 0.25) is 0 Å². The first-order valence-corrected chi connectivity index (χ1v) is 7.19. The maximum atomic E-state index is 12.6. The lowest BCUT2D eigenvalue weighted by atomic mass is 9.96. The van der Waals surface area contributed by atoms with Crippen molar-refractivity contribution in [1.82, 2.24) is 15.0 Å². The van der Waals surface area contributed by atoms with E-state index in [1.807, 2.05) is 19.0 Å². The van der Waals surface area contributed by atoms with Crippen LogP contribution in [0.5, 0.6) is 0 Å². The number of fused-ring (bicyclic) bond motifs is 1. The Labute approximate surface area is 118 Å². The third-order valence-corrected chi connectivity index (χ3v) is 4.36. The lowest BCUT2D eigenvalue weighted by Gasteiger charge is -2.21. The van der Waals surface area contributed by atoms with Crippen LogP contribution in [0.15, 0.2) is 4.52 Å². The molecule has 1 aromatic rings. The number of carbonyl (C=O) groups excluding carboxylic acids is 1. The van der Waals surface area contributed by atoms with Gasteiger partial charge in [0.15, 0.2) is 5.69 Å². The monoisotopic (exact) mass is 279 g/mol. The van der Waals surface area contributed by atoms with Gasteiger partial charge in [-0.05, 0) is 33.4 Å². The number of likely N-dealkylation sites (N-methyl/N-ethyl adjacent to an activating group) is 1. The minimum Gasteiger partial charge on any atom is -0.390 e. The molecule has 20 heavy (non-hydrogen) atoms. The van der Waals surface area contributed by atoms with Crippen molar-refractivity contribution in [2.75, 3.05) is 27.2 Å². The zero-order valence-corrected chi connectivity index (χ0v) is 12.0. The summed E-state index contributed by atoms with van der Waals surface area (Å²) < 4.78 is 5.30. The molecule has 1 aromatic heterocycles. The first kappa shape index (κ1) is 13.6. The number of amides is 1. The fraction of sp³-hybridized carbons (Fsp3) is 0.714. The van der Waals surface area contributed by atoms with Gasteiger partial charge in [0.05, 0.1) is 12.1 Å². The molecule has 3 rings (SSSR count). The fourth-order valence-electron chi connectivity index (χ4n) is 3.15. The van der Waals surface area contributed by atoms with E-state index in [4.69, 9.17) is 4.52 Å². The van der Waals surface area contributed by atoms with Crippen molar-refractivity contribution in [1.29, 1.82) is 0 Å². The number of rotatable bonds is 2. The molecule has 0 spiro atoms. The van der Waals surface area contributed by atoms with Crippen LogP contribution in [0.3, 0.4) is 0 Å². The average Bonchev–Trinajstić information content (AvgIpc) is 3.01. The number of aryl methyl sites for hydroxylation is 1. The lowest BCUT2D eigenvalue weighted by Crippen LogP contribution is -2.38. The molecule has 1 fully saturated rings. The lowest BCUT2D eigenvalue weighted by molar-refractivity contribution is 0.0753. The first-order valence-electron chi connectivity index (χ1n) is 7.19. The maximum Gasteiger partial charge on any atom is 0.276 e. The van der Waals surface area contributed by atoms with Gasteiger partial charge in [-0.25, -0.2) is 0 Å². The van der Waals surface area contributed by atoms with Crippen molar-refractivity contribution in [2.45, 2.75) is 37.8 Å². The van der Waals surface area contributed by atoms with Crippen molar-refractivity contribution in [3.05, 3.63) is 17.0 Å². The van der Waals surface area contributed by atoms with Gasteiger partial charge in [0.2, 0.25) is 0 Å². The van der Waals surface area contributed by atoms with Gasteiger partial charge < -0.3 is 19.4 Å². The molecule has 6 heteroatoms. The Morgan fingerprint density at radius 1 is 1.35 bits per heavy atom. The molecule has 2 aliphatic rings. The highest BCUT2D eigenvalue weighted by Gasteiger charge is 2.37. The van der Waals surface area contributed by atoms with Gasteiger partial charge in [-0.3, -0.25) is 4.79 Å². The van der Waals surface area contributed by atoms with E-state index in [2.05, 4.69) is 5.16 Å². The van der Waals surface area contributed by atoms with Crippen LogP contribution >= 0.6 is 0 Å². The van der Waals surface area contributed by atoms with Gasteiger partial charge in [0.1, 0.15) is 5.76 Å². The SMILES string of the molecule is CN(C)[C@@H]1CN(C(=O)c2noc3c2CCCC3)C[C@H]1O. The standard InChI is InChI=1S/C14H21N3O3/c1-16(2)10-7-17(8-11(10)18)14(19)13-9-5-3-4-6-12(9)20-15-13/h10-11,18H,3-8H2,1-2H3/t10-,11-/m1/s1. The van der Waals surface area contributed by atoms with Gasteiger partial charge in [0, 0.05) is 25.1 Å². The van der Waals surface area contributed by atoms with E-state index >= 15 is 0 Å². The van der Waals surface area contributed by atoms with E-state index in [0.717, 1.165) is 37.0 Å². The van der Waals surface area contributed by atoms with Crippen molar-refractivity contribution >= 4 is 5.91 Å². The van der Waals surface area contributed by atoms with Gasteiger partial charge in [-0.1, -0.05) is 5.16 Å². The Morgan fingerprint density at radius 2 is 2.10 bits per heavy atom. The van der Waals surface area contributed by atoms with Crippen molar-refractivity contribution < 1.29 is 14.4 Å².